The fourth-order valence-corrected chi connectivity index (χ4v) is 4.37. The molecule has 1 atom stereocenters. The van der Waals surface area contributed by atoms with E-state index in [2.05, 4.69) is 5.32 Å². The van der Waals surface area contributed by atoms with Crippen molar-refractivity contribution in [2.24, 2.45) is 0 Å². The molecule has 0 spiro atoms. The first-order valence-electron chi connectivity index (χ1n) is 9.44. The predicted octanol–water partition coefficient (Wildman–Crippen LogP) is 3.23. The van der Waals surface area contributed by atoms with Crippen molar-refractivity contribution in [3.63, 3.8) is 0 Å². The van der Waals surface area contributed by atoms with Crippen molar-refractivity contribution >= 4 is 50.7 Å². The van der Waals surface area contributed by atoms with Gasteiger partial charge in [0, 0.05) is 23.6 Å². The van der Waals surface area contributed by atoms with Crippen LogP contribution < -0.4 is 9.62 Å². The smallest absolute Gasteiger partial charge is 0.244 e. The Bertz CT molecular complexity index is 1080. The summed E-state index contributed by atoms with van der Waals surface area (Å²) < 4.78 is 26.1. The Morgan fingerprint density at radius 3 is 2.35 bits per heavy atom. The minimum atomic E-state index is -3.81. The van der Waals surface area contributed by atoms with Crippen molar-refractivity contribution in [1.82, 2.24) is 10.2 Å². The number of rotatable bonds is 8. The average Bonchev–Trinajstić information content (AvgIpc) is 2.70. The lowest BCUT2D eigenvalue weighted by Gasteiger charge is -2.31. The number of anilines is 1. The summed E-state index contributed by atoms with van der Waals surface area (Å²) in [5, 5.41) is 3.39. The molecule has 0 bridgehead atoms. The molecule has 2 aromatic carbocycles. The van der Waals surface area contributed by atoms with E-state index >= 15 is 0 Å². The number of hydrogen-bond donors (Lipinski definition) is 1. The maximum atomic E-state index is 13.3. The topological polar surface area (TPSA) is 86.8 Å². The molecule has 0 heterocycles. The Labute approximate surface area is 193 Å². The number of benzene rings is 2. The molecule has 2 amide bonds. The molecule has 168 valence electrons. The largest absolute Gasteiger partial charge is 0.357 e. The zero-order valence-electron chi connectivity index (χ0n) is 17.7. The highest BCUT2D eigenvalue weighted by Crippen LogP contribution is 2.28. The summed E-state index contributed by atoms with van der Waals surface area (Å²) in [4.78, 5) is 26.9. The molecule has 0 aliphatic carbocycles. The SMILES string of the molecule is CNC(=O)C(C)N(Cc1cccc(Cl)c1)C(=O)CN(c1cccc(Cl)c1C)S(C)(=O)=O. The zero-order valence-corrected chi connectivity index (χ0v) is 20.1. The molecule has 31 heavy (non-hydrogen) atoms. The minimum absolute atomic E-state index is 0.0834. The second-order valence-electron chi connectivity index (χ2n) is 7.10. The molecule has 1 unspecified atom stereocenters. The third-order valence-electron chi connectivity index (χ3n) is 4.84. The van der Waals surface area contributed by atoms with Crippen LogP contribution in [0.4, 0.5) is 5.69 Å². The summed E-state index contributed by atoms with van der Waals surface area (Å²) in [7, 11) is -2.34. The van der Waals surface area contributed by atoms with Gasteiger partial charge in [-0.1, -0.05) is 41.4 Å². The number of amides is 2. The maximum Gasteiger partial charge on any atom is 0.244 e. The van der Waals surface area contributed by atoms with Gasteiger partial charge in [-0.05, 0) is 49.2 Å². The van der Waals surface area contributed by atoms with Gasteiger partial charge in [0.15, 0.2) is 0 Å². The van der Waals surface area contributed by atoms with Gasteiger partial charge in [-0.15, -0.1) is 0 Å². The molecule has 0 aromatic heterocycles. The second-order valence-corrected chi connectivity index (χ2v) is 9.85. The highest BCUT2D eigenvalue weighted by Gasteiger charge is 2.30. The monoisotopic (exact) mass is 485 g/mol. The van der Waals surface area contributed by atoms with Crippen LogP contribution in [-0.4, -0.2) is 51.0 Å². The van der Waals surface area contributed by atoms with E-state index in [9.17, 15) is 18.0 Å². The van der Waals surface area contributed by atoms with Gasteiger partial charge in [-0.2, -0.15) is 0 Å². The number of nitrogens with zero attached hydrogens (tertiary/aromatic N) is 2. The van der Waals surface area contributed by atoms with Gasteiger partial charge in [0.1, 0.15) is 12.6 Å². The number of carbonyl (C=O) groups excluding carboxylic acids is 2. The summed E-state index contributed by atoms with van der Waals surface area (Å²) in [6, 6.07) is 10.9. The molecule has 1 N–H and O–H groups in total. The van der Waals surface area contributed by atoms with Gasteiger partial charge in [0.2, 0.25) is 21.8 Å². The first-order valence-corrected chi connectivity index (χ1v) is 12.0. The lowest BCUT2D eigenvalue weighted by Crippen LogP contribution is -2.50. The van der Waals surface area contributed by atoms with Crippen LogP contribution in [0.5, 0.6) is 0 Å². The van der Waals surface area contributed by atoms with Gasteiger partial charge >= 0.3 is 0 Å². The van der Waals surface area contributed by atoms with Crippen LogP contribution in [-0.2, 0) is 26.2 Å². The van der Waals surface area contributed by atoms with E-state index in [1.165, 1.54) is 11.9 Å². The van der Waals surface area contributed by atoms with Crippen molar-refractivity contribution in [2.45, 2.75) is 26.4 Å². The number of halogens is 2. The average molecular weight is 486 g/mol. The fourth-order valence-electron chi connectivity index (χ4n) is 3.08. The van der Waals surface area contributed by atoms with Crippen molar-refractivity contribution in [2.75, 3.05) is 24.2 Å². The Morgan fingerprint density at radius 1 is 1.13 bits per heavy atom. The molecule has 7 nitrogen and oxygen atoms in total. The number of hydrogen-bond acceptors (Lipinski definition) is 4. The molecule has 2 rings (SSSR count). The van der Waals surface area contributed by atoms with E-state index in [4.69, 9.17) is 23.2 Å². The first-order chi connectivity index (χ1) is 14.5. The van der Waals surface area contributed by atoms with Crippen molar-refractivity contribution < 1.29 is 18.0 Å². The van der Waals surface area contributed by atoms with Gasteiger partial charge in [-0.3, -0.25) is 13.9 Å². The molecule has 10 heteroatoms. The van der Waals surface area contributed by atoms with Crippen LogP contribution >= 0.6 is 23.2 Å². The van der Waals surface area contributed by atoms with Crippen LogP contribution in [0.3, 0.4) is 0 Å². The quantitative estimate of drug-likeness (QED) is 0.621. The van der Waals surface area contributed by atoms with E-state index in [0.717, 1.165) is 10.6 Å². The Balaban J connectivity index is 2.43. The Hall–Kier alpha value is -2.29. The van der Waals surface area contributed by atoms with Gasteiger partial charge in [0.05, 0.1) is 11.9 Å². The Morgan fingerprint density at radius 2 is 1.77 bits per heavy atom. The molecule has 0 fully saturated rings. The first kappa shape index (κ1) is 25.0. The van der Waals surface area contributed by atoms with Crippen molar-refractivity contribution in [1.29, 1.82) is 0 Å². The van der Waals surface area contributed by atoms with E-state index in [1.54, 1.807) is 56.3 Å². The summed E-state index contributed by atoms with van der Waals surface area (Å²) in [5.74, 6) is -0.916. The third kappa shape index (κ3) is 6.35. The minimum Gasteiger partial charge on any atom is -0.357 e. The molecule has 0 saturated heterocycles. The number of nitrogens with one attached hydrogen (secondary N) is 1. The van der Waals surface area contributed by atoms with Crippen LogP contribution in [0, 0.1) is 6.92 Å². The standard InChI is InChI=1S/C21H25Cl2N3O4S/c1-14-18(23)9-6-10-19(14)26(31(4,29)30)13-20(27)25(15(2)21(28)24-3)12-16-7-5-8-17(22)11-16/h5-11,15H,12-13H2,1-4H3,(H,24,28). The van der Waals surface area contributed by atoms with Gasteiger partial charge in [0.25, 0.3) is 0 Å². The molecule has 0 aliphatic heterocycles. The van der Waals surface area contributed by atoms with Crippen LogP contribution in [0.25, 0.3) is 0 Å². The van der Waals surface area contributed by atoms with E-state index in [-0.39, 0.29) is 12.5 Å². The van der Waals surface area contributed by atoms with E-state index in [0.29, 0.717) is 26.9 Å². The second kappa shape index (κ2) is 10.3. The van der Waals surface area contributed by atoms with Gasteiger partial charge in [-0.25, -0.2) is 8.42 Å². The van der Waals surface area contributed by atoms with Crippen LogP contribution in [0.1, 0.15) is 18.1 Å². The van der Waals surface area contributed by atoms with E-state index in [1.807, 2.05) is 0 Å². The molecular weight excluding hydrogens is 461 g/mol. The Kier molecular flexibility index (Phi) is 8.34. The highest BCUT2D eigenvalue weighted by molar-refractivity contribution is 7.92. The van der Waals surface area contributed by atoms with Gasteiger partial charge < -0.3 is 10.2 Å². The normalized spacial score (nSPS) is 12.2. The molecule has 0 saturated carbocycles. The van der Waals surface area contributed by atoms with Crippen LogP contribution in [0.2, 0.25) is 10.0 Å². The molecular formula is C21H25Cl2N3O4S. The molecule has 0 radical (unpaired) electrons. The summed E-state index contributed by atoms with van der Waals surface area (Å²) >= 11 is 12.2. The summed E-state index contributed by atoms with van der Waals surface area (Å²) in [5.41, 5.74) is 1.54. The lowest BCUT2D eigenvalue weighted by atomic mass is 10.1. The lowest BCUT2D eigenvalue weighted by molar-refractivity contribution is -0.139. The van der Waals surface area contributed by atoms with Crippen LogP contribution in [0.15, 0.2) is 42.5 Å². The summed E-state index contributed by atoms with van der Waals surface area (Å²) in [6.45, 7) is 2.86. The molecule has 0 aliphatic rings. The number of likely N-dealkylation sites (N-methyl/N-ethyl adjacent to an activating group) is 1. The van der Waals surface area contributed by atoms with Crippen molar-refractivity contribution in [3.05, 3.63) is 63.6 Å². The third-order valence-corrected chi connectivity index (χ3v) is 6.61. The summed E-state index contributed by atoms with van der Waals surface area (Å²) in [6.07, 6.45) is 1.02. The number of sulfonamides is 1. The highest BCUT2D eigenvalue weighted by atomic mass is 35.5. The van der Waals surface area contributed by atoms with E-state index < -0.39 is 28.5 Å². The van der Waals surface area contributed by atoms with Crippen molar-refractivity contribution in [3.8, 4) is 0 Å². The number of carbonyl (C=O) groups is 2. The zero-order chi connectivity index (χ0) is 23.3. The predicted molar refractivity (Wildman–Crippen MR) is 124 cm³/mol. The maximum absolute atomic E-state index is 13.3. The fraction of sp³-hybridized carbons (Fsp3) is 0.333. The molecule has 2 aromatic rings.